The van der Waals surface area contributed by atoms with E-state index in [1.165, 1.54) is 6.20 Å². The zero-order chi connectivity index (χ0) is 11.9. The molecular formula is C13H11N3O. The predicted molar refractivity (Wildman–Crippen MR) is 62.4 cm³/mol. The van der Waals surface area contributed by atoms with E-state index in [1.54, 1.807) is 18.3 Å². The number of ether oxygens (including phenoxy) is 1. The van der Waals surface area contributed by atoms with Gasteiger partial charge in [-0.15, -0.1) is 0 Å². The Kier molecular flexibility index (Phi) is 3.66. The molecule has 0 aromatic carbocycles. The Balaban J connectivity index is 1.84. The first-order chi connectivity index (χ1) is 8.38. The van der Waals surface area contributed by atoms with E-state index in [1.807, 2.05) is 24.3 Å². The molecule has 2 aromatic heterocycles. The molecule has 0 atom stereocenters. The van der Waals surface area contributed by atoms with Gasteiger partial charge in [-0.05, 0) is 18.2 Å². The molecule has 0 radical (unpaired) electrons. The fraction of sp³-hybridized carbons (Fsp3) is 0.154. The summed E-state index contributed by atoms with van der Waals surface area (Å²) in [4.78, 5) is 8.21. The van der Waals surface area contributed by atoms with Gasteiger partial charge in [-0.3, -0.25) is 4.98 Å². The lowest BCUT2D eigenvalue weighted by atomic mass is 10.3. The molecule has 0 fully saturated rings. The third-order valence-corrected chi connectivity index (χ3v) is 2.20. The highest BCUT2D eigenvalue weighted by atomic mass is 16.5. The predicted octanol–water partition coefficient (Wildman–Crippen LogP) is 1.97. The highest BCUT2D eigenvalue weighted by Gasteiger charge is 1.97. The van der Waals surface area contributed by atoms with E-state index in [-0.39, 0.29) is 0 Å². The lowest BCUT2D eigenvalue weighted by Crippen LogP contribution is -2.03. The largest absolute Gasteiger partial charge is 0.477 e. The second-order valence-electron chi connectivity index (χ2n) is 3.42. The van der Waals surface area contributed by atoms with Gasteiger partial charge in [0.25, 0.3) is 0 Å². The molecule has 0 saturated carbocycles. The summed E-state index contributed by atoms with van der Waals surface area (Å²) in [6.45, 7) is 0.524. The van der Waals surface area contributed by atoms with Gasteiger partial charge in [-0.1, -0.05) is 6.07 Å². The SMILES string of the molecule is N#Cc1ccc(OCCc2ccccn2)nc1. The van der Waals surface area contributed by atoms with Crippen molar-refractivity contribution >= 4 is 0 Å². The Labute approximate surface area is 99.5 Å². The number of nitriles is 1. The van der Waals surface area contributed by atoms with E-state index >= 15 is 0 Å². The van der Waals surface area contributed by atoms with Crippen molar-refractivity contribution < 1.29 is 4.74 Å². The summed E-state index contributed by atoms with van der Waals surface area (Å²) in [5.41, 5.74) is 1.52. The molecule has 2 rings (SSSR count). The van der Waals surface area contributed by atoms with Crippen LogP contribution in [-0.2, 0) is 6.42 Å². The van der Waals surface area contributed by atoms with Gasteiger partial charge >= 0.3 is 0 Å². The van der Waals surface area contributed by atoms with Gasteiger partial charge in [-0.2, -0.15) is 5.26 Å². The van der Waals surface area contributed by atoms with Crippen LogP contribution in [0.4, 0.5) is 0 Å². The molecule has 0 bridgehead atoms. The van der Waals surface area contributed by atoms with E-state index in [0.29, 0.717) is 18.1 Å². The maximum atomic E-state index is 8.61. The van der Waals surface area contributed by atoms with Gasteiger partial charge in [0.05, 0.1) is 12.2 Å². The van der Waals surface area contributed by atoms with Gasteiger partial charge in [0, 0.05) is 30.6 Å². The molecule has 0 spiro atoms. The molecule has 0 aliphatic carbocycles. The van der Waals surface area contributed by atoms with Crippen LogP contribution in [-0.4, -0.2) is 16.6 Å². The summed E-state index contributed by atoms with van der Waals surface area (Å²) in [5.74, 6) is 0.528. The second-order valence-corrected chi connectivity index (χ2v) is 3.42. The number of aromatic nitrogens is 2. The first kappa shape index (κ1) is 11.1. The van der Waals surface area contributed by atoms with E-state index in [4.69, 9.17) is 10.00 Å². The van der Waals surface area contributed by atoms with Crippen LogP contribution in [0, 0.1) is 11.3 Å². The molecule has 0 saturated heterocycles. The van der Waals surface area contributed by atoms with Crippen LogP contribution in [0.3, 0.4) is 0 Å². The van der Waals surface area contributed by atoms with Crippen LogP contribution in [0.5, 0.6) is 5.88 Å². The molecule has 0 aliphatic rings. The minimum Gasteiger partial charge on any atom is -0.477 e. The van der Waals surface area contributed by atoms with Crippen LogP contribution in [0.25, 0.3) is 0 Å². The van der Waals surface area contributed by atoms with Crippen molar-refractivity contribution in [1.29, 1.82) is 5.26 Å². The lowest BCUT2D eigenvalue weighted by molar-refractivity contribution is 0.308. The van der Waals surface area contributed by atoms with Crippen molar-refractivity contribution in [2.75, 3.05) is 6.61 Å². The highest BCUT2D eigenvalue weighted by molar-refractivity contribution is 5.28. The Morgan fingerprint density at radius 2 is 2.12 bits per heavy atom. The molecule has 0 N–H and O–H groups in total. The monoisotopic (exact) mass is 225 g/mol. The first-order valence-electron chi connectivity index (χ1n) is 5.27. The van der Waals surface area contributed by atoms with Crippen LogP contribution in [0.15, 0.2) is 42.7 Å². The van der Waals surface area contributed by atoms with E-state index in [0.717, 1.165) is 12.1 Å². The normalized spacial score (nSPS) is 9.59. The Morgan fingerprint density at radius 3 is 2.76 bits per heavy atom. The molecular weight excluding hydrogens is 214 g/mol. The number of pyridine rings is 2. The van der Waals surface area contributed by atoms with Gasteiger partial charge < -0.3 is 4.74 Å². The molecule has 0 aliphatic heterocycles. The van der Waals surface area contributed by atoms with Crippen LogP contribution < -0.4 is 4.74 Å². The molecule has 0 unspecified atom stereocenters. The first-order valence-corrected chi connectivity index (χ1v) is 5.27. The zero-order valence-electron chi connectivity index (χ0n) is 9.21. The number of hydrogen-bond acceptors (Lipinski definition) is 4. The fourth-order valence-electron chi connectivity index (χ4n) is 1.34. The molecule has 2 heterocycles. The third kappa shape index (κ3) is 3.28. The minimum absolute atomic E-state index is 0.524. The lowest BCUT2D eigenvalue weighted by Gasteiger charge is -2.04. The molecule has 0 amide bonds. The third-order valence-electron chi connectivity index (χ3n) is 2.20. The number of nitrogens with zero attached hydrogens (tertiary/aromatic N) is 3. The van der Waals surface area contributed by atoms with Crippen molar-refractivity contribution in [2.24, 2.45) is 0 Å². The standard InChI is InChI=1S/C13H11N3O/c14-9-11-4-5-13(16-10-11)17-8-6-12-3-1-2-7-15-12/h1-5,7,10H,6,8H2. The zero-order valence-corrected chi connectivity index (χ0v) is 9.21. The van der Waals surface area contributed by atoms with Crippen molar-refractivity contribution in [3.63, 3.8) is 0 Å². The van der Waals surface area contributed by atoms with Crippen LogP contribution in [0.2, 0.25) is 0 Å². The molecule has 2 aromatic rings. The van der Waals surface area contributed by atoms with Crippen molar-refractivity contribution in [3.8, 4) is 11.9 Å². The van der Waals surface area contributed by atoms with Crippen LogP contribution in [0.1, 0.15) is 11.3 Å². The quantitative estimate of drug-likeness (QED) is 0.798. The van der Waals surface area contributed by atoms with E-state index < -0.39 is 0 Å². The average Bonchev–Trinajstić information content (AvgIpc) is 2.41. The van der Waals surface area contributed by atoms with Gasteiger partial charge in [0.15, 0.2) is 0 Å². The van der Waals surface area contributed by atoms with E-state index in [9.17, 15) is 0 Å². The van der Waals surface area contributed by atoms with Gasteiger partial charge in [0.2, 0.25) is 5.88 Å². The highest BCUT2D eigenvalue weighted by Crippen LogP contribution is 2.07. The number of rotatable bonds is 4. The number of hydrogen-bond donors (Lipinski definition) is 0. The summed E-state index contributed by atoms with van der Waals surface area (Å²) in [7, 11) is 0. The van der Waals surface area contributed by atoms with Gasteiger partial charge in [0.1, 0.15) is 6.07 Å². The Bertz CT molecular complexity index is 502. The molecule has 17 heavy (non-hydrogen) atoms. The minimum atomic E-state index is 0.524. The molecule has 4 nitrogen and oxygen atoms in total. The Morgan fingerprint density at radius 1 is 1.18 bits per heavy atom. The molecule has 84 valence electrons. The smallest absolute Gasteiger partial charge is 0.213 e. The van der Waals surface area contributed by atoms with Gasteiger partial charge in [-0.25, -0.2) is 4.98 Å². The van der Waals surface area contributed by atoms with E-state index in [2.05, 4.69) is 9.97 Å². The van der Waals surface area contributed by atoms with Crippen molar-refractivity contribution in [1.82, 2.24) is 9.97 Å². The fourth-order valence-corrected chi connectivity index (χ4v) is 1.34. The molecule has 4 heteroatoms. The van der Waals surface area contributed by atoms with Crippen LogP contribution >= 0.6 is 0 Å². The second kappa shape index (κ2) is 5.61. The maximum Gasteiger partial charge on any atom is 0.213 e. The maximum absolute atomic E-state index is 8.61. The Hall–Kier alpha value is -2.41. The summed E-state index contributed by atoms with van der Waals surface area (Å²) in [6.07, 6.45) is 3.99. The average molecular weight is 225 g/mol. The summed E-state index contributed by atoms with van der Waals surface area (Å²) in [6, 6.07) is 11.2. The summed E-state index contributed by atoms with van der Waals surface area (Å²) >= 11 is 0. The van der Waals surface area contributed by atoms with Crippen molar-refractivity contribution in [3.05, 3.63) is 54.0 Å². The topological polar surface area (TPSA) is 58.8 Å². The summed E-state index contributed by atoms with van der Waals surface area (Å²) in [5, 5.41) is 8.61. The summed E-state index contributed by atoms with van der Waals surface area (Å²) < 4.78 is 5.45. The van der Waals surface area contributed by atoms with Crippen molar-refractivity contribution in [2.45, 2.75) is 6.42 Å².